The minimum absolute atomic E-state index is 0.00710. The standard InChI is InChI=1S/C21H32O7/c1-17(22)18-6-5-7-19(16-18)27-15-14-26-13-12-25-11-10-24-9-8-20(23)28-21(2,3)4/h5-7,16H,8-15H2,1-4H3. The van der Waals surface area contributed by atoms with E-state index in [1.807, 2.05) is 20.8 Å². The van der Waals surface area contributed by atoms with Gasteiger partial charge < -0.3 is 23.7 Å². The van der Waals surface area contributed by atoms with Gasteiger partial charge in [0.25, 0.3) is 0 Å². The van der Waals surface area contributed by atoms with Crippen LogP contribution in [0.3, 0.4) is 0 Å². The van der Waals surface area contributed by atoms with Gasteiger partial charge >= 0.3 is 5.97 Å². The summed E-state index contributed by atoms with van der Waals surface area (Å²) in [6.45, 7) is 9.92. The molecule has 0 aliphatic rings. The number of Topliss-reactive ketones (excluding diaryl/α,β-unsaturated/α-hetero) is 1. The lowest BCUT2D eigenvalue weighted by molar-refractivity contribution is -0.156. The number of esters is 1. The summed E-state index contributed by atoms with van der Waals surface area (Å²) in [7, 11) is 0. The van der Waals surface area contributed by atoms with E-state index in [1.165, 1.54) is 6.92 Å². The van der Waals surface area contributed by atoms with Crippen LogP contribution in [0.4, 0.5) is 0 Å². The SMILES string of the molecule is CC(=O)c1cccc(OCCOCCOCCOCCC(=O)OC(C)(C)C)c1. The summed E-state index contributed by atoms with van der Waals surface area (Å²) in [6.07, 6.45) is 0.232. The summed E-state index contributed by atoms with van der Waals surface area (Å²) in [5, 5.41) is 0. The Labute approximate surface area is 167 Å². The molecule has 1 aromatic carbocycles. The maximum absolute atomic E-state index is 11.5. The van der Waals surface area contributed by atoms with Crippen molar-refractivity contribution in [2.75, 3.05) is 46.2 Å². The second kappa shape index (κ2) is 13.3. The van der Waals surface area contributed by atoms with Crippen LogP contribution in [-0.2, 0) is 23.7 Å². The van der Waals surface area contributed by atoms with Crippen LogP contribution in [0.2, 0.25) is 0 Å². The van der Waals surface area contributed by atoms with Crippen LogP contribution in [0.25, 0.3) is 0 Å². The molecular formula is C21H32O7. The second-order valence-electron chi connectivity index (χ2n) is 7.11. The van der Waals surface area contributed by atoms with Gasteiger partial charge in [-0.15, -0.1) is 0 Å². The number of benzene rings is 1. The molecule has 28 heavy (non-hydrogen) atoms. The predicted octanol–water partition coefficient (Wildman–Crippen LogP) is 3.05. The van der Waals surface area contributed by atoms with E-state index in [1.54, 1.807) is 24.3 Å². The molecule has 0 N–H and O–H groups in total. The zero-order chi connectivity index (χ0) is 20.8. The Hall–Kier alpha value is -1.96. The van der Waals surface area contributed by atoms with E-state index in [-0.39, 0.29) is 18.2 Å². The van der Waals surface area contributed by atoms with Crippen LogP contribution in [0.15, 0.2) is 24.3 Å². The van der Waals surface area contributed by atoms with Crippen molar-refractivity contribution >= 4 is 11.8 Å². The first-order chi connectivity index (χ1) is 13.3. The molecule has 0 aromatic heterocycles. The molecule has 7 nitrogen and oxygen atoms in total. The molecule has 0 heterocycles. The minimum Gasteiger partial charge on any atom is -0.491 e. The Balaban J connectivity index is 1.91. The van der Waals surface area contributed by atoms with Gasteiger partial charge in [0.15, 0.2) is 5.78 Å². The first-order valence-electron chi connectivity index (χ1n) is 9.47. The van der Waals surface area contributed by atoms with Crippen LogP contribution < -0.4 is 4.74 Å². The number of ketones is 1. The number of carbonyl (C=O) groups is 2. The molecule has 0 saturated heterocycles. The topological polar surface area (TPSA) is 80.3 Å². The third-order valence-electron chi connectivity index (χ3n) is 3.35. The van der Waals surface area contributed by atoms with Gasteiger partial charge in [0.2, 0.25) is 0 Å². The van der Waals surface area contributed by atoms with Crippen molar-refractivity contribution < 1.29 is 33.3 Å². The van der Waals surface area contributed by atoms with Crippen LogP contribution >= 0.6 is 0 Å². The van der Waals surface area contributed by atoms with Crippen LogP contribution in [0.5, 0.6) is 5.75 Å². The van der Waals surface area contributed by atoms with Crippen molar-refractivity contribution in [1.82, 2.24) is 0 Å². The molecule has 7 heteroatoms. The fraction of sp³-hybridized carbons (Fsp3) is 0.619. The van der Waals surface area contributed by atoms with Gasteiger partial charge in [-0.25, -0.2) is 0 Å². The molecule has 0 amide bonds. The van der Waals surface area contributed by atoms with Crippen LogP contribution in [-0.4, -0.2) is 63.6 Å². The van der Waals surface area contributed by atoms with E-state index in [0.29, 0.717) is 57.6 Å². The smallest absolute Gasteiger partial charge is 0.308 e. The first-order valence-corrected chi connectivity index (χ1v) is 9.47. The Morgan fingerprint density at radius 1 is 0.857 bits per heavy atom. The molecule has 0 bridgehead atoms. The molecule has 0 saturated carbocycles. The Morgan fingerprint density at radius 2 is 1.43 bits per heavy atom. The van der Waals surface area contributed by atoms with Gasteiger partial charge in [-0.2, -0.15) is 0 Å². The van der Waals surface area contributed by atoms with Gasteiger partial charge in [0.1, 0.15) is 18.0 Å². The average Bonchev–Trinajstić information content (AvgIpc) is 2.61. The molecule has 0 atom stereocenters. The van der Waals surface area contributed by atoms with Gasteiger partial charge in [0, 0.05) is 5.56 Å². The van der Waals surface area contributed by atoms with Crippen molar-refractivity contribution in [1.29, 1.82) is 0 Å². The zero-order valence-electron chi connectivity index (χ0n) is 17.3. The summed E-state index contributed by atoms with van der Waals surface area (Å²) in [5.74, 6) is 0.390. The molecule has 0 aliphatic heterocycles. The van der Waals surface area contributed by atoms with E-state index in [2.05, 4.69) is 0 Å². The molecule has 0 aliphatic carbocycles. The van der Waals surface area contributed by atoms with Crippen molar-refractivity contribution in [3.05, 3.63) is 29.8 Å². The predicted molar refractivity (Wildman–Crippen MR) is 105 cm³/mol. The highest BCUT2D eigenvalue weighted by molar-refractivity contribution is 5.94. The fourth-order valence-corrected chi connectivity index (χ4v) is 2.11. The van der Waals surface area contributed by atoms with E-state index >= 15 is 0 Å². The lowest BCUT2D eigenvalue weighted by Crippen LogP contribution is -2.24. The minimum atomic E-state index is -0.468. The van der Waals surface area contributed by atoms with E-state index in [0.717, 1.165) is 0 Å². The quantitative estimate of drug-likeness (QED) is 0.272. The molecule has 158 valence electrons. The first kappa shape index (κ1) is 24.1. The number of rotatable bonds is 14. The lowest BCUT2D eigenvalue weighted by Gasteiger charge is -2.19. The highest BCUT2D eigenvalue weighted by atomic mass is 16.6. The number of hydrogen-bond acceptors (Lipinski definition) is 7. The number of carbonyl (C=O) groups excluding carboxylic acids is 2. The number of ether oxygens (including phenoxy) is 5. The summed E-state index contributed by atoms with van der Waals surface area (Å²) >= 11 is 0. The maximum atomic E-state index is 11.5. The second-order valence-corrected chi connectivity index (χ2v) is 7.11. The largest absolute Gasteiger partial charge is 0.491 e. The molecule has 0 radical (unpaired) electrons. The van der Waals surface area contributed by atoms with Gasteiger partial charge in [-0.3, -0.25) is 9.59 Å². The van der Waals surface area contributed by atoms with Crippen LogP contribution in [0, 0.1) is 0 Å². The zero-order valence-corrected chi connectivity index (χ0v) is 17.3. The normalized spacial score (nSPS) is 11.3. The number of hydrogen-bond donors (Lipinski definition) is 0. The Morgan fingerprint density at radius 3 is 2.00 bits per heavy atom. The molecular weight excluding hydrogens is 364 g/mol. The Kier molecular flexibility index (Phi) is 11.4. The highest BCUT2D eigenvalue weighted by Gasteiger charge is 2.15. The monoisotopic (exact) mass is 396 g/mol. The van der Waals surface area contributed by atoms with Gasteiger partial charge in [0.05, 0.1) is 46.1 Å². The van der Waals surface area contributed by atoms with Crippen molar-refractivity contribution in [3.63, 3.8) is 0 Å². The summed E-state index contributed by atoms with van der Waals surface area (Å²) in [4.78, 5) is 22.8. The maximum Gasteiger partial charge on any atom is 0.308 e. The van der Waals surface area contributed by atoms with Crippen LogP contribution in [0.1, 0.15) is 44.5 Å². The van der Waals surface area contributed by atoms with Gasteiger partial charge in [-0.1, -0.05) is 12.1 Å². The summed E-state index contributed by atoms with van der Waals surface area (Å²) in [5.41, 5.74) is 0.157. The lowest BCUT2D eigenvalue weighted by atomic mass is 10.1. The van der Waals surface area contributed by atoms with Crippen molar-refractivity contribution in [2.24, 2.45) is 0 Å². The Bertz CT molecular complexity index is 593. The summed E-state index contributed by atoms with van der Waals surface area (Å²) < 4.78 is 26.9. The molecule has 1 rings (SSSR count). The summed E-state index contributed by atoms with van der Waals surface area (Å²) in [6, 6.07) is 7.06. The third kappa shape index (κ3) is 12.4. The van der Waals surface area contributed by atoms with Crippen molar-refractivity contribution in [3.8, 4) is 5.75 Å². The molecule has 0 fully saturated rings. The highest BCUT2D eigenvalue weighted by Crippen LogP contribution is 2.13. The van der Waals surface area contributed by atoms with E-state index in [9.17, 15) is 9.59 Å². The molecule has 0 unspecified atom stereocenters. The van der Waals surface area contributed by atoms with E-state index < -0.39 is 5.60 Å². The molecule has 0 spiro atoms. The van der Waals surface area contributed by atoms with Gasteiger partial charge in [-0.05, 0) is 39.8 Å². The van der Waals surface area contributed by atoms with Crippen molar-refractivity contribution in [2.45, 2.75) is 39.7 Å². The average molecular weight is 396 g/mol. The molecule has 1 aromatic rings. The third-order valence-corrected chi connectivity index (χ3v) is 3.35. The fourth-order valence-electron chi connectivity index (χ4n) is 2.11. The van der Waals surface area contributed by atoms with E-state index in [4.69, 9.17) is 23.7 Å².